The predicted octanol–water partition coefficient (Wildman–Crippen LogP) is 8.20. The molecule has 0 spiro atoms. The fraction of sp³-hybridized carbons (Fsp3) is 0.976. The molecule has 54 heavy (non-hydrogen) atoms. The van der Waals surface area contributed by atoms with E-state index in [2.05, 4.69) is 13.8 Å². The van der Waals surface area contributed by atoms with Crippen LogP contribution in [-0.2, 0) is 27.9 Å². The molecule has 0 radical (unpaired) electrons. The molecule has 1 saturated carbocycles. The molecule has 0 aliphatic heterocycles. The first-order chi connectivity index (χ1) is 26.0. The number of unbranched alkanes of at least 4 members (excludes halogenated alkanes) is 25. The Bertz CT molecular complexity index is 911. The lowest BCUT2D eigenvalue weighted by atomic mass is 9.85. The number of rotatable bonds is 37. The van der Waals surface area contributed by atoms with Gasteiger partial charge in [-0.25, -0.2) is 4.57 Å². The second-order valence-corrected chi connectivity index (χ2v) is 17.0. The normalized spacial score (nSPS) is 23.3. The van der Waals surface area contributed by atoms with E-state index in [1.165, 1.54) is 128 Å². The van der Waals surface area contributed by atoms with E-state index < -0.39 is 63.1 Å². The van der Waals surface area contributed by atoms with Crippen molar-refractivity contribution in [2.75, 3.05) is 19.8 Å². The van der Waals surface area contributed by atoms with Crippen LogP contribution in [0.5, 0.6) is 0 Å². The molecule has 1 fully saturated rings. The molecule has 0 bridgehead atoms. The molecule has 0 aromatic carbocycles. The number of phosphoric acid groups is 1. The summed E-state index contributed by atoms with van der Waals surface area (Å²) >= 11 is 0. The van der Waals surface area contributed by atoms with Gasteiger partial charge in [0.15, 0.2) is 0 Å². The number of phosphoric ester groups is 1. The van der Waals surface area contributed by atoms with Crippen LogP contribution in [0.1, 0.15) is 194 Å². The summed E-state index contributed by atoms with van der Waals surface area (Å²) in [5, 5.41) is 50.0. The van der Waals surface area contributed by atoms with Crippen molar-refractivity contribution in [3.05, 3.63) is 0 Å². The molecule has 1 rings (SSSR count). The molecular formula is C41H81O12P. The van der Waals surface area contributed by atoms with E-state index in [0.717, 1.165) is 38.5 Å². The Kier molecular flexibility index (Phi) is 31.7. The van der Waals surface area contributed by atoms with E-state index in [1.807, 2.05) is 0 Å². The number of aliphatic hydroxyl groups excluding tert-OH is 5. The van der Waals surface area contributed by atoms with E-state index in [1.54, 1.807) is 0 Å². The Morgan fingerprint density at radius 3 is 1.28 bits per heavy atom. The number of aliphatic hydroxyl groups is 5. The summed E-state index contributed by atoms with van der Waals surface area (Å²) in [4.78, 5) is 23.0. The van der Waals surface area contributed by atoms with Gasteiger partial charge in [0.1, 0.15) is 42.7 Å². The Morgan fingerprint density at radius 2 is 0.870 bits per heavy atom. The van der Waals surface area contributed by atoms with Crippen LogP contribution < -0.4 is 0 Å². The highest BCUT2D eigenvalue weighted by atomic mass is 31.2. The maximum Gasteiger partial charge on any atom is 0.472 e. The molecule has 6 unspecified atom stereocenters. The van der Waals surface area contributed by atoms with Gasteiger partial charge in [0.05, 0.1) is 13.2 Å². The fourth-order valence-corrected chi connectivity index (χ4v) is 7.92. The van der Waals surface area contributed by atoms with Crippen LogP contribution in [0.15, 0.2) is 0 Å². The highest BCUT2D eigenvalue weighted by molar-refractivity contribution is 7.47. The monoisotopic (exact) mass is 797 g/mol. The number of esters is 1. The van der Waals surface area contributed by atoms with Gasteiger partial charge >= 0.3 is 13.8 Å². The molecule has 322 valence electrons. The smallest absolute Gasteiger partial charge is 0.457 e. The number of carbonyl (C=O) groups is 1. The maximum absolute atomic E-state index is 12.8. The Balaban J connectivity index is 2.39. The Morgan fingerprint density at radius 1 is 0.519 bits per heavy atom. The van der Waals surface area contributed by atoms with E-state index in [-0.39, 0.29) is 13.0 Å². The summed E-state index contributed by atoms with van der Waals surface area (Å²) < 4.78 is 34.1. The van der Waals surface area contributed by atoms with Gasteiger partial charge in [-0.15, -0.1) is 0 Å². The van der Waals surface area contributed by atoms with Crippen molar-refractivity contribution in [2.45, 2.75) is 236 Å². The van der Waals surface area contributed by atoms with Crippen molar-refractivity contribution in [3.8, 4) is 0 Å². The third kappa shape index (κ3) is 25.6. The third-order valence-electron chi connectivity index (χ3n) is 10.5. The van der Waals surface area contributed by atoms with Crippen molar-refractivity contribution < 1.29 is 58.3 Å². The minimum Gasteiger partial charge on any atom is -0.457 e. The van der Waals surface area contributed by atoms with E-state index in [4.69, 9.17) is 18.5 Å². The SMILES string of the molecule is CCCCCCCCCCCCCCCCCCOC[C@H](COP(=O)(O)OC1C(O)C(O)C(O)[C@@H](O)C1O)OC(=O)CCCCCCCCCCCCC. The molecule has 0 heterocycles. The van der Waals surface area contributed by atoms with Crippen LogP contribution in [-0.4, -0.2) is 98.9 Å². The summed E-state index contributed by atoms with van der Waals surface area (Å²) in [5.74, 6) is -0.474. The first-order valence-electron chi connectivity index (χ1n) is 21.9. The molecule has 6 N–H and O–H groups in total. The largest absolute Gasteiger partial charge is 0.472 e. The van der Waals surface area contributed by atoms with Gasteiger partial charge in [-0.3, -0.25) is 13.8 Å². The second-order valence-electron chi connectivity index (χ2n) is 15.6. The molecule has 12 nitrogen and oxygen atoms in total. The lowest BCUT2D eigenvalue weighted by Gasteiger charge is -2.41. The zero-order chi connectivity index (χ0) is 39.9. The molecule has 0 amide bonds. The summed E-state index contributed by atoms with van der Waals surface area (Å²) in [6.45, 7) is 4.27. The number of hydrogen-bond acceptors (Lipinski definition) is 11. The quantitative estimate of drug-likeness (QED) is 0.0201. The zero-order valence-corrected chi connectivity index (χ0v) is 34.9. The van der Waals surface area contributed by atoms with Crippen LogP contribution in [0.3, 0.4) is 0 Å². The first kappa shape index (κ1) is 51.4. The summed E-state index contributed by atoms with van der Waals surface area (Å²) in [6.07, 6.45) is 20.3. The zero-order valence-electron chi connectivity index (χ0n) is 34.0. The molecule has 1 aliphatic rings. The van der Waals surface area contributed by atoms with Gasteiger partial charge in [0.2, 0.25) is 0 Å². The highest BCUT2D eigenvalue weighted by Crippen LogP contribution is 2.47. The highest BCUT2D eigenvalue weighted by Gasteiger charge is 2.51. The molecule has 1 aliphatic carbocycles. The van der Waals surface area contributed by atoms with Gasteiger partial charge in [0.25, 0.3) is 0 Å². The number of carbonyl (C=O) groups excluding carboxylic acids is 1. The summed E-state index contributed by atoms with van der Waals surface area (Å²) in [7, 11) is -5.00. The van der Waals surface area contributed by atoms with E-state index in [0.29, 0.717) is 13.0 Å². The molecule has 8 atom stereocenters. The van der Waals surface area contributed by atoms with Crippen molar-refractivity contribution in [1.29, 1.82) is 0 Å². The Labute approximate surface area is 327 Å². The van der Waals surface area contributed by atoms with Gasteiger partial charge in [-0.1, -0.05) is 174 Å². The maximum atomic E-state index is 12.8. The Hall–Kier alpha value is -0.660. The predicted molar refractivity (Wildman–Crippen MR) is 212 cm³/mol. The molecule has 0 aromatic rings. The number of hydrogen-bond donors (Lipinski definition) is 6. The second kappa shape index (κ2) is 33.3. The van der Waals surface area contributed by atoms with Gasteiger partial charge in [-0.05, 0) is 12.8 Å². The van der Waals surface area contributed by atoms with Crippen molar-refractivity contribution in [1.82, 2.24) is 0 Å². The first-order valence-corrected chi connectivity index (χ1v) is 23.4. The van der Waals surface area contributed by atoms with Crippen LogP contribution in [0.25, 0.3) is 0 Å². The van der Waals surface area contributed by atoms with Gasteiger partial charge in [0, 0.05) is 13.0 Å². The molecule has 0 saturated heterocycles. The summed E-state index contributed by atoms with van der Waals surface area (Å²) in [5.41, 5.74) is 0. The van der Waals surface area contributed by atoms with E-state index in [9.17, 15) is 39.8 Å². The van der Waals surface area contributed by atoms with Gasteiger partial charge in [-0.2, -0.15) is 0 Å². The topological polar surface area (TPSA) is 192 Å². The average Bonchev–Trinajstić information content (AvgIpc) is 3.15. The van der Waals surface area contributed by atoms with E-state index >= 15 is 0 Å². The summed E-state index contributed by atoms with van der Waals surface area (Å²) in [6, 6.07) is 0. The molecular weight excluding hydrogens is 715 g/mol. The lowest BCUT2D eigenvalue weighted by molar-refractivity contribution is -0.220. The third-order valence-corrected chi connectivity index (χ3v) is 11.5. The average molecular weight is 797 g/mol. The minimum absolute atomic E-state index is 0.0684. The van der Waals surface area contributed by atoms with Crippen LogP contribution in [0.4, 0.5) is 0 Å². The van der Waals surface area contributed by atoms with Crippen molar-refractivity contribution in [3.63, 3.8) is 0 Å². The van der Waals surface area contributed by atoms with Crippen LogP contribution in [0.2, 0.25) is 0 Å². The van der Waals surface area contributed by atoms with Crippen LogP contribution >= 0.6 is 7.82 Å². The van der Waals surface area contributed by atoms with Crippen molar-refractivity contribution in [2.24, 2.45) is 0 Å². The van der Waals surface area contributed by atoms with Crippen LogP contribution in [0, 0.1) is 0 Å². The standard InChI is InChI=1S/C41H81O12P/c1-3-5-7-9-11-13-15-16-17-18-19-21-23-25-27-29-31-50-32-34(52-35(42)30-28-26-24-22-20-14-12-10-8-6-4-2)33-51-54(48,49)53-41-39(46)37(44)36(43)38(45)40(41)47/h34,36-41,43-47H,3-33H2,1-2H3,(H,48,49)/t34-,36?,37-,38?,39?,40?,41?/m1/s1. The lowest BCUT2D eigenvalue weighted by Crippen LogP contribution is -2.64. The molecule has 0 aromatic heterocycles. The van der Waals surface area contributed by atoms with Crippen molar-refractivity contribution >= 4 is 13.8 Å². The molecule has 13 heteroatoms. The number of ether oxygens (including phenoxy) is 2. The fourth-order valence-electron chi connectivity index (χ4n) is 6.94. The minimum atomic E-state index is -5.00. The van der Waals surface area contributed by atoms with Gasteiger partial charge < -0.3 is 39.9 Å².